The van der Waals surface area contributed by atoms with E-state index in [9.17, 15) is 4.79 Å². The van der Waals surface area contributed by atoms with Crippen LogP contribution in [0, 0.1) is 6.92 Å². The van der Waals surface area contributed by atoms with Crippen LogP contribution in [0.2, 0.25) is 0 Å². The Morgan fingerprint density at radius 1 is 1.07 bits per heavy atom. The first kappa shape index (κ1) is 19.0. The van der Waals surface area contributed by atoms with Crippen LogP contribution in [0.3, 0.4) is 0 Å². The van der Waals surface area contributed by atoms with Crippen LogP contribution in [0.4, 0.5) is 0 Å². The van der Waals surface area contributed by atoms with Crippen molar-refractivity contribution in [3.63, 3.8) is 0 Å². The molecular weight excluding hydrogens is 394 g/mol. The smallest absolute Gasteiger partial charge is 0.289 e. The van der Waals surface area contributed by atoms with E-state index in [2.05, 4.69) is 22.4 Å². The second-order valence-corrected chi connectivity index (χ2v) is 8.59. The Kier molecular flexibility index (Phi) is 5.11. The van der Waals surface area contributed by atoms with Crippen LogP contribution in [0.15, 0.2) is 64.4 Å². The van der Waals surface area contributed by atoms with Crippen LogP contribution in [-0.2, 0) is 6.54 Å². The number of benzene rings is 2. The molecule has 2 aromatic carbocycles. The zero-order valence-corrected chi connectivity index (χ0v) is 17.7. The number of aryl methyl sites for hydroxylation is 1. The highest BCUT2D eigenvalue weighted by Gasteiger charge is 2.25. The van der Waals surface area contributed by atoms with Gasteiger partial charge < -0.3 is 9.32 Å². The number of amides is 1. The molecule has 0 saturated carbocycles. The van der Waals surface area contributed by atoms with Gasteiger partial charge in [-0.15, -0.1) is 11.3 Å². The van der Waals surface area contributed by atoms with Gasteiger partial charge in [0.1, 0.15) is 10.6 Å². The Hall–Kier alpha value is -2.96. The first-order valence-corrected chi connectivity index (χ1v) is 11.1. The summed E-state index contributed by atoms with van der Waals surface area (Å²) in [6.45, 7) is 5.93. The average molecular weight is 418 g/mol. The van der Waals surface area contributed by atoms with Crippen LogP contribution >= 0.6 is 11.3 Å². The molecule has 0 unspecified atom stereocenters. The first-order chi connectivity index (χ1) is 14.7. The van der Waals surface area contributed by atoms with Crippen LogP contribution in [0.1, 0.15) is 21.8 Å². The number of rotatable bonds is 4. The molecule has 1 fully saturated rings. The first-order valence-electron chi connectivity index (χ1n) is 10.2. The fraction of sp³-hybridized carbons (Fsp3) is 0.250. The summed E-state index contributed by atoms with van der Waals surface area (Å²) in [6, 6.07) is 18.1. The van der Waals surface area contributed by atoms with E-state index in [-0.39, 0.29) is 5.91 Å². The highest BCUT2D eigenvalue weighted by Crippen LogP contribution is 2.25. The van der Waals surface area contributed by atoms with E-state index in [0.717, 1.165) is 52.4 Å². The molecule has 2 aromatic heterocycles. The van der Waals surface area contributed by atoms with E-state index in [1.54, 1.807) is 11.3 Å². The van der Waals surface area contributed by atoms with E-state index in [1.165, 1.54) is 0 Å². The van der Waals surface area contributed by atoms with Gasteiger partial charge in [0.25, 0.3) is 5.91 Å². The van der Waals surface area contributed by atoms with Crippen molar-refractivity contribution < 1.29 is 9.21 Å². The molecule has 0 N–H and O–H groups in total. The summed E-state index contributed by atoms with van der Waals surface area (Å²) in [5.74, 6) is 0.402. The van der Waals surface area contributed by atoms with Crippen molar-refractivity contribution in [2.45, 2.75) is 13.5 Å². The molecule has 1 aliphatic rings. The minimum Gasteiger partial charge on any atom is -0.451 e. The summed E-state index contributed by atoms with van der Waals surface area (Å²) < 4.78 is 5.79. The Balaban J connectivity index is 1.20. The average Bonchev–Trinajstić information content (AvgIpc) is 3.41. The maximum atomic E-state index is 12.9. The maximum absolute atomic E-state index is 12.9. The molecule has 0 atom stereocenters. The number of aromatic nitrogens is 1. The maximum Gasteiger partial charge on any atom is 0.289 e. The summed E-state index contributed by atoms with van der Waals surface area (Å²) in [6.07, 6.45) is 0. The quantitative estimate of drug-likeness (QED) is 0.478. The summed E-state index contributed by atoms with van der Waals surface area (Å²) in [5, 5.41) is 4.17. The van der Waals surface area contributed by atoms with Gasteiger partial charge >= 0.3 is 0 Å². The van der Waals surface area contributed by atoms with E-state index in [0.29, 0.717) is 18.8 Å². The summed E-state index contributed by atoms with van der Waals surface area (Å²) >= 11 is 1.68. The van der Waals surface area contributed by atoms with Crippen molar-refractivity contribution in [2.75, 3.05) is 26.2 Å². The van der Waals surface area contributed by atoms with Gasteiger partial charge in [-0.2, -0.15) is 0 Å². The number of furan rings is 1. The standard InChI is InChI=1S/C24H23N3O2S/c1-17-7-8-21-19(13-17)14-22(29-21)24(28)27-11-9-26(10-12-27)15-20-16-30-23(25-20)18-5-3-2-4-6-18/h2-8,13-14,16H,9-12,15H2,1H3. The fourth-order valence-electron chi connectivity index (χ4n) is 3.86. The number of hydrogen-bond donors (Lipinski definition) is 0. The molecule has 0 aliphatic carbocycles. The number of carbonyl (C=O) groups is 1. The Labute approximate surface area is 179 Å². The molecule has 4 aromatic rings. The second-order valence-electron chi connectivity index (χ2n) is 7.73. The molecule has 3 heterocycles. The third-order valence-corrected chi connectivity index (χ3v) is 6.44. The van der Waals surface area contributed by atoms with Gasteiger partial charge in [0.15, 0.2) is 5.76 Å². The molecule has 0 spiro atoms. The molecule has 1 amide bonds. The lowest BCUT2D eigenvalue weighted by Gasteiger charge is -2.33. The van der Waals surface area contributed by atoms with Gasteiger partial charge in [0.2, 0.25) is 0 Å². The van der Waals surface area contributed by atoms with Gasteiger partial charge in [0, 0.05) is 49.1 Å². The number of fused-ring (bicyclic) bond motifs is 1. The highest BCUT2D eigenvalue weighted by atomic mass is 32.1. The largest absolute Gasteiger partial charge is 0.451 e. The third kappa shape index (κ3) is 3.88. The van der Waals surface area contributed by atoms with Gasteiger partial charge in [-0.1, -0.05) is 42.0 Å². The summed E-state index contributed by atoms with van der Waals surface area (Å²) in [7, 11) is 0. The van der Waals surface area contributed by atoms with Crippen LogP contribution < -0.4 is 0 Å². The summed E-state index contributed by atoms with van der Waals surface area (Å²) in [4.78, 5) is 21.9. The van der Waals surface area contributed by atoms with Gasteiger partial charge in [0.05, 0.1) is 5.69 Å². The molecule has 5 nitrogen and oxygen atoms in total. The molecule has 1 saturated heterocycles. The Bertz CT molecular complexity index is 1170. The van der Waals surface area contributed by atoms with Crippen molar-refractivity contribution >= 4 is 28.2 Å². The monoisotopic (exact) mass is 417 g/mol. The minimum absolute atomic E-state index is 0.0245. The Morgan fingerprint density at radius 2 is 1.87 bits per heavy atom. The second kappa shape index (κ2) is 8.05. The molecular formula is C24H23N3O2S. The zero-order valence-electron chi connectivity index (χ0n) is 16.9. The van der Waals surface area contributed by atoms with E-state index in [1.807, 2.05) is 54.3 Å². The lowest BCUT2D eigenvalue weighted by atomic mass is 10.2. The molecule has 1 aliphatic heterocycles. The predicted octanol–water partition coefficient (Wildman–Crippen LogP) is 4.82. The SMILES string of the molecule is Cc1ccc2oc(C(=O)N3CCN(Cc4csc(-c5ccccc5)n4)CC3)cc2c1. The third-order valence-electron chi connectivity index (χ3n) is 5.50. The molecule has 6 heteroatoms. The van der Waals surface area contributed by atoms with Crippen molar-refractivity contribution in [1.29, 1.82) is 0 Å². The molecule has 152 valence electrons. The van der Waals surface area contributed by atoms with E-state index >= 15 is 0 Å². The molecule has 30 heavy (non-hydrogen) atoms. The number of nitrogens with zero attached hydrogens (tertiary/aromatic N) is 3. The van der Waals surface area contributed by atoms with Crippen molar-refractivity contribution in [1.82, 2.24) is 14.8 Å². The van der Waals surface area contributed by atoms with Crippen LogP contribution in [-0.4, -0.2) is 46.9 Å². The van der Waals surface area contributed by atoms with E-state index < -0.39 is 0 Å². The fourth-order valence-corrected chi connectivity index (χ4v) is 4.67. The normalized spacial score (nSPS) is 15.0. The lowest BCUT2D eigenvalue weighted by molar-refractivity contribution is 0.0599. The van der Waals surface area contributed by atoms with Crippen LogP contribution in [0.5, 0.6) is 0 Å². The number of piperazine rings is 1. The lowest BCUT2D eigenvalue weighted by Crippen LogP contribution is -2.48. The number of hydrogen-bond acceptors (Lipinski definition) is 5. The van der Waals surface area contributed by atoms with Crippen molar-refractivity contribution in [3.05, 3.63) is 77.0 Å². The van der Waals surface area contributed by atoms with Gasteiger partial charge in [-0.3, -0.25) is 9.69 Å². The van der Waals surface area contributed by atoms with Crippen LogP contribution in [0.25, 0.3) is 21.5 Å². The predicted molar refractivity (Wildman–Crippen MR) is 120 cm³/mol. The Morgan fingerprint density at radius 3 is 2.67 bits per heavy atom. The van der Waals surface area contributed by atoms with E-state index in [4.69, 9.17) is 9.40 Å². The number of thiazole rings is 1. The van der Waals surface area contributed by atoms with Crippen molar-refractivity contribution in [2.24, 2.45) is 0 Å². The molecule has 5 rings (SSSR count). The van der Waals surface area contributed by atoms with Gasteiger partial charge in [-0.05, 0) is 25.1 Å². The molecule has 0 radical (unpaired) electrons. The van der Waals surface area contributed by atoms with Crippen molar-refractivity contribution in [3.8, 4) is 10.6 Å². The molecule has 0 bridgehead atoms. The zero-order chi connectivity index (χ0) is 20.5. The number of carbonyl (C=O) groups excluding carboxylic acids is 1. The summed E-state index contributed by atoms with van der Waals surface area (Å²) in [5.41, 5.74) is 4.17. The van der Waals surface area contributed by atoms with Gasteiger partial charge in [-0.25, -0.2) is 4.98 Å². The minimum atomic E-state index is -0.0245. The topological polar surface area (TPSA) is 49.6 Å². The highest BCUT2D eigenvalue weighted by molar-refractivity contribution is 7.13.